The highest BCUT2D eigenvalue weighted by atomic mass is 32.1. The maximum Gasteiger partial charge on any atom is 0.248 e. The van der Waals surface area contributed by atoms with Crippen molar-refractivity contribution in [3.8, 4) is 11.3 Å². The fraction of sp³-hybridized carbons (Fsp3) is 0.440. The summed E-state index contributed by atoms with van der Waals surface area (Å²) in [6.07, 6.45) is 5.27. The van der Waals surface area contributed by atoms with Gasteiger partial charge in [-0.2, -0.15) is 13.5 Å². The lowest BCUT2D eigenvalue weighted by molar-refractivity contribution is -0.135. The van der Waals surface area contributed by atoms with Gasteiger partial charge in [-0.25, -0.2) is 9.97 Å². The molecule has 1 amide bonds. The number of piperidine rings is 1. The molecule has 2 aromatic heterocycles. The average molecular weight is 497 g/mol. The Balaban J connectivity index is 0.00000289. The minimum atomic E-state index is -0.413. The quantitative estimate of drug-likeness (QED) is 0.474. The van der Waals surface area contributed by atoms with E-state index in [1.165, 1.54) is 5.56 Å². The van der Waals surface area contributed by atoms with Crippen LogP contribution in [0.25, 0.3) is 22.3 Å². The number of nitrogens with zero attached hydrogens (tertiary/aromatic N) is 4. The summed E-state index contributed by atoms with van der Waals surface area (Å²) in [4.78, 5) is 27.3. The molecule has 0 radical (unpaired) electrons. The highest BCUT2D eigenvalue weighted by Crippen LogP contribution is 2.31. The van der Waals surface area contributed by atoms with Crippen molar-refractivity contribution in [3.63, 3.8) is 0 Å². The summed E-state index contributed by atoms with van der Waals surface area (Å²) in [6.45, 7) is 4.01. The minimum absolute atomic E-state index is 0. The fourth-order valence-electron chi connectivity index (χ4n) is 4.69. The molecule has 9 nitrogen and oxygen atoms in total. The van der Waals surface area contributed by atoms with Crippen molar-refractivity contribution < 1.29 is 14.6 Å². The molecule has 5 rings (SSSR count). The van der Waals surface area contributed by atoms with Gasteiger partial charge < -0.3 is 25.4 Å². The molecule has 2 saturated heterocycles. The number of ether oxygens (including phenoxy) is 1. The Labute approximate surface area is 211 Å². The molecule has 0 aliphatic carbocycles. The third kappa shape index (κ3) is 5.90. The number of nitrogens with one attached hydrogen (secondary N) is 2. The number of amides is 1. The summed E-state index contributed by atoms with van der Waals surface area (Å²) in [5.74, 6) is 0.934. The number of rotatable bonds is 6. The van der Waals surface area contributed by atoms with Crippen LogP contribution in [0.1, 0.15) is 24.3 Å². The predicted molar refractivity (Wildman–Crippen MR) is 140 cm³/mol. The number of aliphatic hydroxyl groups excluding tert-OH is 1. The Bertz CT molecular complexity index is 1130. The van der Waals surface area contributed by atoms with Crippen molar-refractivity contribution in [2.75, 3.05) is 51.3 Å². The van der Waals surface area contributed by atoms with E-state index in [2.05, 4.69) is 44.9 Å². The van der Waals surface area contributed by atoms with Crippen LogP contribution in [-0.4, -0.2) is 82.9 Å². The zero-order chi connectivity index (χ0) is 23.3. The fourth-order valence-corrected chi connectivity index (χ4v) is 4.69. The first kappa shape index (κ1) is 25.3. The largest absolute Gasteiger partial charge is 0.387 e. The summed E-state index contributed by atoms with van der Waals surface area (Å²) < 4.78 is 5.80. The van der Waals surface area contributed by atoms with Gasteiger partial charge in [-0.1, -0.05) is 24.3 Å². The number of carbonyl (C=O) groups is 1. The van der Waals surface area contributed by atoms with Gasteiger partial charge in [-0.15, -0.1) is 0 Å². The number of pyridine rings is 1. The molecule has 2 aliphatic heterocycles. The molecule has 2 aliphatic rings. The van der Waals surface area contributed by atoms with E-state index in [9.17, 15) is 4.79 Å². The van der Waals surface area contributed by atoms with Gasteiger partial charge in [-0.3, -0.25) is 9.78 Å². The highest BCUT2D eigenvalue weighted by molar-refractivity contribution is 7.59. The molecule has 0 saturated carbocycles. The molecule has 10 heteroatoms. The number of aromatic nitrogens is 3. The Kier molecular flexibility index (Phi) is 8.50. The Morgan fingerprint density at radius 2 is 1.94 bits per heavy atom. The average Bonchev–Trinajstić information content (AvgIpc) is 2.92. The zero-order valence-electron chi connectivity index (χ0n) is 19.6. The van der Waals surface area contributed by atoms with Crippen molar-refractivity contribution in [3.05, 3.63) is 48.3 Å². The topological polar surface area (TPSA) is 112 Å². The summed E-state index contributed by atoms with van der Waals surface area (Å²) in [5.41, 5.74) is 4.66. The van der Waals surface area contributed by atoms with Gasteiger partial charge in [0.05, 0.1) is 23.9 Å². The minimum Gasteiger partial charge on any atom is -0.387 e. The van der Waals surface area contributed by atoms with Crippen LogP contribution in [0.5, 0.6) is 0 Å². The van der Waals surface area contributed by atoms with Crippen LogP contribution in [0.2, 0.25) is 0 Å². The molecule has 1 atom stereocenters. The van der Waals surface area contributed by atoms with Gasteiger partial charge >= 0.3 is 0 Å². The van der Waals surface area contributed by atoms with E-state index in [1.54, 1.807) is 17.3 Å². The Morgan fingerprint density at radius 1 is 1.17 bits per heavy atom. The van der Waals surface area contributed by atoms with Crippen LogP contribution in [0.4, 0.5) is 5.82 Å². The van der Waals surface area contributed by atoms with E-state index in [1.807, 2.05) is 6.07 Å². The van der Waals surface area contributed by atoms with Crippen LogP contribution in [-0.2, 0) is 9.53 Å². The Hall–Kier alpha value is -2.79. The lowest BCUT2D eigenvalue weighted by Crippen LogP contribution is -2.42. The van der Waals surface area contributed by atoms with Crippen LogP contribution < -0.4 is 10.6 Å². The van der Waals surface area contributed by atoms with Crippen LogP contribution in [0.3, 0.4) is 0 Å². The normalized spacial score (nSPS) is 18.8. The molecule has 1 aromatic carbocycles. The number of carbonyl (C=O) groups excluding carboxylic acids is 1. The predicted octanol–water partition coefficient (Wildman–Crippen LogP) is 1.90. The van der Waals surface area contributed by atoms with Crippen molar-refractivity contribution >= 4 is 36.3 Å². The molecule has 0 bridgehead atoms. The molecule has 0 spiro atoms. The molecule has 2 fully saturated rings. The number of hydrogen-bond acceptors (Lipinski definition) is 8. The maximum absolute atomic E-state index is 11.7. The molecule has 3 N–H and O–H groups in total. The van der Waals surface area contributed by atoms with E-state index in [4.69, 9.17) is 14.8 Å². The number of likely N-dealkylation sites (tertiary alicyclic amines) is 1. The number of hydrogen-bond donors (Lipinski definition) is 3. The van der Waals surface area contributed by atoms with Crippen molar-refractivity contribution in [2.45, 2.75) is 24.9 Å². The van der Waals surface area contributed by atoms with E-state index in [0.717, 1.165) is 48.2 Å². The third-order valence-corrected chi connectivity index (χ3v) is 6.62. The first-order chi connectivity index (χ1) is 16.7. The number of anilines is 1. The second-order valence-electron chi connectivity index (χ2n) is 8.79. The van der Waals surface area contributed by atoms with E-state index < -0.39 is 6.61 Å². The number of aliphatic hydroxyl groups is 1. The number of fused-ring (bicyclic) bond motifs is 1. The van der Waals surface area contributed by atoms with E-state index >= 15 is 0 Å². The lowest BCUT2D eigenvalue weighted by atomic mass is 9.88. The smallest absolute Gasteiger partial charge is 0.248 e. The van der Waals surface area contributed by atoms with Gasteiger partial charge in [-0.05, 0) is 30.4 Å². The van der Waals surface area contributed by atoms with Crippen molar-refractivity contribution in [1.82, 2.24) is 25.2 Å². The van der Waals surface area contributed by atoms with Gasteiger partial charge in [0.25, 0.3) is 0 Å². The van der Waals surface area contributed by atoms with Gasteiger partial charge in [0, 0.05) is 50.7 Å². The van der Waals surface area contributed by atoms with E-state index in [-0.39, 0.29) is 25.5 Å². The second-order valence-corrected chi connectivity index (χ2v) is 8.79. The molecule has 35 heavy (non-hydrogen) atoms. The van der Waals surface area contributed by atoms with Gasteiger partial charge in [0.15, 0.2) is 5.82 Å². The van der Waals surface area contributed by atoms with Crippen LogP contribution in [0.15, 0.2) is 42.7 Å². The summed E-state index contributed by atoms with van der Waals surface area (Å²) in [5, 5.41) is 15.8. The Morgan fingerprint density at radius 3 is 2.66 bits per heavy atom. The van der Waals surface area contributed by atoms with Crippen molar-refractivity contribution in [2.24, 2.45) is 0 Å². The molecule has 186 valence electrons. The van der Waals surface area contributed by atoms with Crippen LogP contribution in [0, 0.1) is 0 Å². The van der Waals surface area contributed by atoms with Gasteiger partial charge in [0.2, 0.25) is 5.91 Å². The summed E-state index contributed by atoms with van der Waals surface area (Å²) in [6, 6.07) is 10.5. The summed E-state index contributed by atoms with van der Waals surface area (Å²) in [7, 11) is 0. The number of benzene rings is 1. The SMILES string of the molecule is O=C(CO)N1CCC(c2ccc(-c3cc4nccnc4c(NC[C@@H]4CNCCO4)n3)cc2)CC1.S. The number of morpholine rings is 1. The van der Waals surface area contributed by atoms with Gasteiger partial charge in [0.1, 0.15) is 12.1 Å². The first-order valence-electron chi connectivity index (χ1n) is 11.9. The third-order valence-electron chi connectivity index (χ3n) is 6.62. The monoisotopic (exact) mass is 496 g/mol. The zero-order valence-corrected chi connectivity index (χ0v) is 20.6. The molecular weight excluding hydrogens is 464 g/mol. The van der Waals surface area contributed by atoms with Crippen LogP contribution >= 0.6 is 13.5 Å². The molecular formula is C25H32N6O3S. The van der Waals surface area contributed by atoms with Crippen molar-refractivity contribution in [1.29, 1.82) is 0 Å². The summed E-state index contributed by atoms with van der Waals surface area (Å²) >= 11 is 0. The standard InChI is InChI=1S/C25H30N6O3.H2S/c32-16-23(33)31-10-5-18(6-11-31)17-1-3-19(4-2-17)21-13-22-24(28-8-7-27-22)25(30-21)29-15-20-14-26-9-12-34-20;/h1-4,7-8,13,18,20,26,32H,5-6,9-12,14-16H2,(H,29,30);1H2/t20-;/m0./s1. The lowest BCUT2D eigenvalue weighted by Gasteiger charge is -2.32. The first-order valence-corrected chi connectivity index (χ1v) is 11.9. The molecule has 3 aromatic rings. The van der Waals surface area contributed by atoms with E-state index in [0.29, 0.717) is 38.0 Å². The highest BCUT2D eigenvalue weighted by Gasteiger charge is 2.23. The molecule has 0 unspecified atom stereocenters. The second kappa shape index (κ2) is 11.8. The maximum atomic E-state index is 11.7. The molecule has 4 heterocycles.